The number of halogens is 1. The van der Waals surface area contributed by atoms with Gasteiger partial charge in [0.25, 0.3) is 0 Å². The van der Waals surface area contributed by atoms with E-state index in [9.17, 15) is 9.59 Å². The lowest BCUT2D eigenvalue weighted by Crippen LogP contribution is -2.62. The van der Waals surface area contributed by atoms with Crippen molar-refractivity contribution in [3.05, 3.63) is 0 Å². The van der Waals surface area contributed by atoms with E-state index >= 15 is 0 Å². The van der Waals surface area contributed by atoms with E-state index < -0.39 is 5.54 Å². The van der Waals surface area contributed by atoms with Gasteiger partial charge in [0.05, 0.1) is 0 Å². The van der Waals surface area contributed by atoms with Crippen LogP contribution in [0.1, 0.15) is 45.4 Å². The molecule has 0 aromatic rings. The third-order valence-corrected chi connectivity index (χ3v) is 4.30. The molecule has 1 saturated carbocycles. The number of piperidine rings is 1. The molecular weight excluding hydrogens is 292 g/mol. The first-order chi connectivity index (χ1) is 9.57. The predicted octanol–water partition coefficient (Wildman–Crippen LogP) is 0.990. The Balaban J connectivity index is 0.00000220. The summed E-state index contributed by atoms with van der Waals surface area (Å²) in [4.78, 5) is 26.5. The number of nitrogens with one attached hydrogen (secondary N) is 2. The standard InChI is InChI=1S/C14H26N4O2.ClH/c1-2-16-13(20)17-14(7-3-4-8-14)12(19)18-9-5-6-11(15)10-18;/h11H,2-10,15H2,1H3,(H2,16,17,20);1H. The second-order valence-electron chi connectivity index (χ2n) is 5.93. The first-order valence-electron chi connectivity index (χ1n) is 7.68. The normalized spacial score (nSPS) is 24.1. The Morgan fingerprint density at radius 2 is 1.95 bits per heavy atom. The average Bonchev–Trinajstić information content (AvgIpc) is 2.87. The molecule has 0 spiro atoms. The molecule has 0 radical (unpaired) electrons. The maximum absolute atomic E-state index is 12.8. The van der Waals surface area contributed by atoms with Gasteiger partial charge in [-0.1, -0.05) is 12.8 Å². The topological polar surface area (TPSA) is 87.5 Å². The number of hydrogen-bond donors (Lipinski definition) is 3. The van der Waals surface area contributed by atoms with E-state index in [0.717, 1.165) is 45.1 Å². The predicted molar refractivity (Wildman–Crippen MR) is 84.4 cm³/mol. The molecule has 1 heterocycles. The van der Waals surface area contributed by atoms with Crippen molar-refractivity contribution in [2.45, 2.75) is 57.0 Å². The monoisotopic (exact) mass is 318 g/mol. The van der Waals surface area contributed by atoms with Crippen molar-refractivity contribution in [2.24, 2.45) is 5.73 Å². The van der Waals surface area contributed by atoms with Crippen LogP contribution in [0.25, 0.3) is 0 Å². The molecular formula is C14H27ClN4O2. The van der Waals surface area contributed by atoms with Crippen LogP contribution in [-0.2, 0) is 4.79 Å². The maximum atomic E-state index is 12.8. The Morgan fingerprint density at radius 1 is 1.29 bits per heavy atom. The minimum absolute atomic E-state index is 0. The van der Waals surface area contributed by atoms with E-state index in [0.29, 0.717) is 13.1 Å². The summed E-state index contributed by atoms with van der Waals surface area (Å²) in [5.74, 6) is 0.0522. The zero-order valence-electron chi connectivity index (χ0n) is 12.7. The Kier molecular flexibility index (Phi) is 6.74. The molecule has 3 amide bonds. The molecule has 0 bridgehead atoms. The van der Waals surface area contributed by atoms with Gasteiger partial charge in [-0.2, -0.15) is 0 Å². The Bertz CT molecular complexity index is 372. The van der Waals surface area contributed by atoms with Gasteiger partial charge >= 0.3 is 6.03 Å². The van der Waals surface area contributed by atoms with E-state index in [1.54, 1.807) is 0 Å². The molecule has 1 aliphatic carbocycles. The molecule has 122 valence electrons. The lowest BCUT2D eigenvalue weighted by molar-refractivity contribution is -0.139. The molecule has 4 N–H and O–H groups in total. The van der Waals surface area contributed by atoms with Crippen LogP contribution in [0.5, 0.6) is 0 Å². The molecule has 1 atom stereocenters. The number of nitrogens with two attached hydrogens (primary N) is 1. The summed E-state index contributed by atoms with van der Waals surface area (Å²) in [5, 5.41) is 5.64. The van der Waals surface area contributed by atoms with Gasteiger partial charge in [-0.3, -0.25) is 4.79 Å². The number of nitrogens with zero attached hydrogens (tertiary/aromatic N) is 1. The zero-order valence-corrected chi connectivity index (χ0v) is 13.5. The average molecular weight is 319 g/mol. The SMILES string of the molecule is CCNC(=O)NC1(C(=O)N2CCCC(N)C2)CCCC1.Cl. The molecule has 1 unspecified atom stereocenters. The van der Waals surface area contributed by atoms with Gasteiger partial charge < -0.3 is 21.3 Å². The minimum Gasteiger partial charge on any atom is -0.339 e. The largest absolute Gasteiger partial charge is 0.339 e. The molecule has 1 aliphatic heterocycles. The van der Waals surface area contributed by atoms with E-state index in [1.165, 1.54) is 0 Å². The zero-order chi connectivity index (χ0) is 14.6. The van der Waals surface area contributed by atoms with Crippen molar-refractivity contribution in [3.8, 4) is 0 Å². The number of likely N-dealkylation sites (tertiary alicyclic amines) is 1. The summed E-state index contributed by atoms with van der Waals surface area (Å²) in [5.41, 5.74) is 5.25. The van der Waals surface area contributed by atoms with Crippen LogP contribution >= 0.6 is 12.4 Å². The summed E-state index contributed by atoms with van der Waals surface area (Å²) in [6.45, 7) is 3.79. The van der Waals surface area contributed by atoms with Gasteiger partial charge in [0.1, 0.15) is 5.54 Å². The summed E-state index contributed by atoms with van der Waals surface area (Å²) in [6, 6.07) is -0.181. The van der Waals surface area contributed by atoms with Crippen LogP contribution in [0.4, 0.5) is 4.79 Å². The van der Waals surface area contributed by atoms with Crippen molar-refractivity contribution in [1.82, 2.24) is 15.5 Å². The molecule has 21 heavy (non-hydrogen) atoms. The number of hydrogen-bond acceptors (Lipinski definition) is 3. The number of carbonyl (C=O) groups excluding carboxylic acids is 2. The molecule has 0 aromatic heterocycles. The van der Waals surface area contributed by atoms with Crippen molar-refractivity contribution in [3.63, 3.8) is 0 Å². The van der Waals surface area contributed by atoms with E-state index in [-0.39, 0.29) is 30.4 Å². The first kappa shape index (κ1) is 18.0. The quantitative estimate of drug-likeness (QED) is 0.725. The van der Waals surface area contributed by atoms with Crippen LogP contribution in [0.15, 0.2) is 0 Å². The second-order valence-corrected chi connectivity index (χ2v) is 5.93. The fourth-order valence-corrected chi connectivity index (χ4v) is 3.29. The lowest BCUT2D eigenvalue weighted by atomic mass is 9.93. The van der Waals surface area contributed by atoms with Gasteiger partial charge in [0, 0.05) is 25.7 Å². The fraction of sp³-hybridized carbons (Fsp3) is 0.857. The highest BCUT2D eigenvalue weighted by atomic mass is 35.5. The van der Waals surface area contributed by atoms with Gasteiger partial charge in [-0.05, 0) is 32.6 Å². The highest BCUT2D eigenvalue weighted by Gasteiger charge is 2.45. The third-order valence-electron chi connectivity index (χ3n) is 4.30. The number of amides is 3. The highest BCUT2D eigenvalue weighted by Crippen LogP contribution is 2.32. The number of rotatable bonds is 3. The molecule has 7 heteroatoms. The van der Waals surface area contributed by atoms with Crippen LogP contribution in [-0.4, -0.2) is 48.1 Å². The maximum Gasteiger partial charge on any atom is 0.315 e. The smallest absolute Gasteiger partial charge is 0.315 e. The summed E-state index contributed by atoms with van der Waals surface area (Å²) in [7, 11) is 0. The van der Waals surface area contributed by atoms with E-state index in [1.807, 2.05) is 11.8 Å². The van der Waals surface area contributed by atoms with Crippen molar-refractivity contribution < 1.29 is 9.59 Å². The number of urea groups is 1. The van der Waals surface area contributed by atoms with Crippen LogP contribution in [0.3, 0.4) is 0 Å². The second kappa shape index (κ2) is 7.84. The highest BCUT2D eigenvalue weighted by molar-refractivity contribution is 5.91. The van der Waals surface area contributed by atoms with Crippen LogP contribution < -0.4 is 16.4 Å². The fourth-order valence-electron chi connectivity index (χ4n) is 3.29. The molecule has 0 aromatic carbocycles. The van der Waals surface area contributed by atoms with Gasteiger partial charge in [-0.15, -0.1) is 12.4 Å². The molecule has 2 rings (SSSR count). The summed E-state index contributed by atoms with van der Waals surface area (Å²) < 4.78 is 0. The van der Waals surface area contributed by atoms with E-state index in [2.05, 4.69) is 10.6 Å². The van der Waals surface area contributed by atoms with Crippen LogP contribution in [0, 0.1) is 0 Å². The molecule has 6 nitrogen and oxygen atoms in total. The summed E-state index contributed by atoms with van der Waals surface area (Å²) >= 11 is 0. The Morgan fingerprint density at radius 3 is 2.52 bits per heavy atom. The molecule has 2 fully saturated rings. The van der Waals surface area contributed by atoms with Crippen molar-refractivity contribution in [2.75, 3.05) is 19.6 Å². The van der Waals surface area contributed by atoms with Crippen molar-refractivity contribution >= 4 is 24.3 Å². The molecule has 2 aliphatic rings. The van der Waals surface area contributed by atoms with Crippen LogP contribution in [0.2, 0.25) is 0 Å². The van der Waals surface area contributed by atoms with Crippen molar-refractivity contribution in [1.29, 1.82) is 0 Å². The number of carbonyl (C=O) groups is 2. The van der Waals surface area contributed by atoms with Gasteiger partial charge in [-0.25, -0.2) is 4.79 Å². The van der Waals surface area contributed by atoms with E-state index in [4.69, 9.17) is 5.73 Å². The minimum atomic E-state index is -0.712. The first-order valence-corrected chi connectivity index (χ1v) is 7.68. The Hall–Kier alpha value is -1.01. The van der Waals surface area contributed by atoms with Gasteiger partial charge in [0.2, 0.25) is 5.91 Å². The lowest BCUT2D eigenvalue weighted by Gasteiger charge is -2.38. The molecule has 1 saturated heterocycles. The Labute approximate surface area is 132 Å². The third kappa shape index (κ3) is 4.23. The van der Waals surface area contributed by atoms with Gasteiger partial charge in [0.15, 0.2) is 0 Å². The summed E-state index contributed by atoms with van der Waals surface area (Å²) in [6.07, 6.45) is 5.35.